The van der Waals surface area contributed by atoms with Crippen LogP contribution in [0, 0.1) is 5.41 Å². The molecule has 0 bridgehead atoms. The van der Waals surface area contributed by atoms with Gasteiger partial charge >= 0.3 is 7.12 Å². The van der Waals surface area contributed by atoms with E-state index >= 15 is 0 Å². The van der Waals surface area contributed by atoms with Crippen LogP contribution < -0.4 is 14.8 Å². The molecular formula is C18H33BN2O5S2. The van der Waals surface area contributed by atoms with Gasteiger partial charge in [0.2, 0.25) is 15.9 Å². The molecule has 0 aromatic carbocycles. The second kappa shape index (κ2) is 10.2. The molecule has 1 heterocycles. The summed E-state index contributed by atoms with van der Waals surface area (Å²) in [6, 6.07) is 3.26. The summed E-state index contributed by atoms with van der Waals surface area (Å²) in [5.74, 6) is -0.125. The van der Waals surface area contributed by atoms with E-state index in [1.54, 1.807) is 32.9 Å². The molecule has 1 amide bonds. The van der Waals surface area contributed by atoms with Gasteiger partial charge in [-0.2, -0.15) is 0 Å². The van der Waals surface area contributed by atoms with Crippen molar-refractivity contribution in [3.8, 4) is 0 Å². The highest BCUT2D eigenvalue weighted by atomic mass is 32.2. The third-order valence-electron chi connectivity index (χ3n) is 4.08. The molecule has 10 heteroatoms. The van der Waals surface area contributed by atoms with Crippen LogP contribution in [0.3, 0.4) is 0 Å². The lowest BCUT2D eigenvalue weighted by atomic mass is 9.85. The number of sulfonamides is 1. The summed E-state index contributed by atoms with van der Waals surface area (Å²) in [6.45, 7) is 14.0. The van der Waals surface area contributed by atoms with Gasteiger partial charge in [-0.3, -0.25) is 4.79 Å². The van der Waals surface area contributed by atoms with Gasteiger partial charge in [0.05, 0.1) is 0 Å². The van der Waals surface area contributed by atoms with Crippen LogP contribution in [0.1, 0.15) is 54.9 Å². The zero-order chi connectivity index (χ0) is 21.6. The van der Waals surface area contributed by atoms with Crippen molar-refractivity contribution in [2.75, 3.05) is 19.7 Å². The SMILES string of the molecule is CCOB(OC(C)(C)CC)c1ccc(S(=O)(=O)NCCNC(=O)C(C)(C)C)s1. The molecule has 0 aliphatic heterocycles. The quantitative estimate of drug-likeness (QED) is 0.413. The van der Waals surface area contributed by atoms with Gasteiger partial charge in [0.1, 0.15) is 4.21 Å². The number of carbonyl (C=O) groups is 1. The molecule has 0 fully saturated rings. The predicted octanol–water partition coefficient (Wildman–Crippen LogP) is 2.13. The van der Waals surface area contributed by atoms with Crippen molar-refractivity contribution >= 4 is 39.2 Å². The van der Waals surface area contributed by atoms with Crippen molar-refractivity contribution in [2.45, 2.75) is 64.7 Å². The summed E-state index contributed by atoms with van der Waals surface area (Å²) in [5, 5.41) is 2.72. The Morgan fingerprint density at radius 1 is 1.14 bits per heavy atom. The van der Waals surface area contributed by atoms with Crippen molar-refractivity contribution in [3.05, 3.63) is 12.1 Å². The highest BCUT2D eigenvalue weighted by molar-refractivity contribution is 7.91. The molecule has 0 spiro atoms. The van der Waals surface area contributed by atoms with E-state index in [2.05, 4.69) is 10.0 Å². The van der Waals surface area contributed by atoms with E-state index in [0.29, 0.717) is 11.4 Å². The summed E-state index contributed by atoms with van der Waals surface area (Å²) < 4.78 is 40.1. The van der Waals surface area contributed by atoms with Crippen LogP contribution in [0.5, 0.6) is 0 Å². The van der Waals surface area contributed by atoms with Crippen LogP contribution in [0.25, 0.3) is 0 Å². The number of nitrogens with one attached hydrogen (secondary N) is 2. The van der Waals surface area contributed by atoms with E-state index in [-0.39, 0.29) is 28.8 Å². The summed E-state index contributed by atoms with van der Waals surface area (Å²) in [6.07, 6.45) is 0.801. The number of amides is 1. The summed E-state index contributed by atoms with van der Waals surface area (Å²) in [5.41, 5.74) is -0.894. The molecular weight excluding hydrogens is 399 g/mol. The maximum atomic E-state index is 12.5. The second-order valence-electron chi connectivity index (χ2n) is 8.08. The standard InChI is InChI=1S/C18H33BN2O5S2/c1-8-18(6,7)26-19(25-9-2)14-10-11-15(27-14)28(23,24)21-13-12-20-16(22)17(3,4)5/h10-11,21H,8-9,12-13H2,1-7H3,(H,20,22). The Labute approximate surface area is 173 Å². The average Bonchev–Trinajstić information content (AvgIpc) is 3.08. The molecule has 0 aliphatic carbocycles. The number of carbonyl (C=O) groups excluding carboxylic acids is 1. The maximum Gasteiger partial charge on any atom is 0.504 e. The van der Waals surface area contributed by atoms with Crippen LogP contribution in [0.2, 0.25) is 0 Å². The third-order valence-corrected chi connectivity index (χ3v) is 7.14. The first kappa shape index (κ1) is 25.1. The summed E-state index contributed by atoms with van der Waals surface area (Å²) >= 11 is 1.12. The molecule has 0 unspecified atom stereocenters. The third kappa shape index (κ3) is 7.83. The molecule has 160 valence electrons. The van der Waals surface area contributed by atoms with Crippen molar-refractivity contribution in [1.29, 1.82) is 0 Å². The zero-order valence-corrected chi connectivity index (χ0v) is 19.6. The van der Waals surface area contributed by atoms with Crippen molar-refractivity contribution in [3.63, 3.8) is 0 Å². The van der Waals surface area contributed by atoms with E-state index < -0.39 is 22.6 Å². The Bertz CT molecular complexity index is 741. The van der Waals surface area contributed by atoms with Crippen LogP contribution >= 0.6 is 11.3 Å². The Hall–Kier alpha value is -0.935. The lowest BCUT2D eigenvalue weighted by Gasteiger charge is -2.27. The Morgan fingerprint density at radius 2 is 1.79 bits per heavy atom. The maximum absolute atomic E-state index is 12.5. The molecule has 7 nitrogen and oxygen atoms in total. The fourth-order valence-corrected chi connectivity index (χ4v) is 4.38. The number of hydrogen-bond acceptors (Lipinski definition) is 6. The molecule has 0 aliphatic rings. The number of thiophene rings is 1. The molecule has 0 saturated carbocycles. The first-order valence-corrected chi connectivity index (χ1v) is 11.8. The van der Waals surface area contributed by atoms with Gasteiger partial charge in [0.15, 0.2) is 0 Å². The normalized spacial score (nSPS) is 12.8. The zero-order valence-electron chi connectivity index (χ0n) is 17.9. The van der Waals surface area contributed by atoms with E-state index in [1.807, 2.05) is 27.7 Å². The molecule has 0 atom stereocenters. The summed E-state index contributed by atoms with van der Waals surface area (Å²) in [7, 11) is -4.28. The van der Waals surface area contributed by atoms with Crippen molar-refractivity contribution in [2.24, 2.45) is 5.41 Å². The minimum atomic E-state index is -3.66. The number of hydrogen-bond donors (Lipinski definition) is 2. The highest BCUT2D eigenvalue weighted by Gasteiger charge is 2.31. The van der Waals surface area contributed by atoms with Crippen molar-refractivity contribution < 1.29 is 22.5 Å². The molecule has 0 radical (unpaired) electrons. The van der Waals surface area contributed by atoms with Gasteiger partial charge in [-0.25, -0.2) is 13.1 Å². The number of rotatable bonds is 11. The van der Waals surface area contributed by atoms with Gasteiger partial charge < -0.3 is 14.6 Å². The van der Waals surface area contributed by atoms with E-state index in [9.17, 15) is 13.2 Å². The van der Waals surface area contributed by atoms with Crippen LogP contribution in [0.15, 0.2) is 16.3 Å². The lowest BCUT2D eigenvalue weighted by molar-refractivity contribution is -0.128. The smallest absolute Gasteiger partial charge is 0.407 e. The fourth-order valence-electron chi connectivity index (χ4n) is 2.00. The summed E-state index contributed by atoms with van der Waals surface area (Å²) in [4.78, 5) is 11.8. The van der Waals surface area contributed by atoms with Crippen LogP contribution in [-0.4, -0.2) is 46.7 Å². The van der Waals surface area contributed by atoms with Gasteiger partial charge in [0.25, 0.3) is 0 Å². The fraction of sp³-hybridized carbons (Fsp3) is 0.722. The van der Waals surface area contributed by atoms with Gasteiger partial charge in [-0.1, -0.05) is 33.8 Å². The minimum absolute atomic E-state index is 0.117. The van der Waals surface area contributed by atoms with Crippen LogP contribution in [0.4, 0.5) is 0 Å². The van der Waals surface area contributed by atoms with Crippen LogP contribution in [-0.2, 0) is 24.1 Å². The monoisotopic (exact) mass is 432 g/mol. The van der Waals surface area contributed by atoms with Gasteiger partial charge in [0, 0.05) is 35.5 Å². The molecule has 1 rings (SSSR count). The Kier molecular flexibility index (Phi) is 9.15. The predicted molar refractivity (Wildman–Crippen MR) is 114 cm³/mol. The molecule has 28 heavy (non-hydrogen) atoms. The Balaban J connectivity index is 2.75. The highest BCUT2D eigenvalue weighted by Crippen LogP contribution is 2.20. The largest absolute Gasteiger partial charge is 0.504 e. The van der Waals surface area contributed by atoms with E-state index in [4.69, 9.17) is 9.31 Å². The Morgan fingerprint density at radius 3 is 2.32 bits per heavy atom. The second-order valence-corrected chi connectivity index (χ2v) is 11.2. The molecule has 1 aromatic heterocycles. The molecule has 2 N–H and O–H groups in total. The van der Waals surface area contributed by atoms with Gasteiger partial charge in [-0.15, -0.1) is 11.3 Å². The van der Waals surface area contributed by atoms with E-state index in [0.717, 1.165) is 17.8 Å². The first-order valence-electron chi connectivity index (χ1n) is 9.49. The average molecular weight is 432 g/mol. The topological polar surface area (TPSA) is 93.7 Å². The van der Waals surface area contributed by atoms with E-state index in [1.165, 1.54) is 0 Å². The molecule has 0 saturated heterocycles. The minimum Gasteiger partial charge on any atom is -0.407 e. The van der Waals surface area contributed by atoms with Gasteiger partial charge in [-0.05, 0) is 33.3 Å². The molecule has 1 aromatic rings. The first-order chi connectivity index (χ1) is 12.8. The van der Waals surface area contributed by atoms with Crippen molar-refractivity contribution in [1.82, 2.24) is 10.0 Å². The lowest BCUT2D eigenvalue weighted by Crippen LogP contribution is -2.42.